The highest BCUT2D eigenvalue weighted by Gasteiger charge is 2.12. The normalized spacial score (nSPS) is 12.2. The molecule has 0 aliphatic heterocycles. The van der Waals surface area contributed by atoms with Gasteiger partial charge in [-0.1, -0.05) is 41.6 Å². The number of hydrogen-bond acceptors (Lipinski definition) is 1. The van der Waals surface area contributed by atoms with E-state index in [-0.39, 0.29) is 0 Å². The molecule has 0 aliphatic carbocycles. The summed E-state index contributed by atoms with van der Waals surface area (Å²) in [5.41, 5.74) is 1.22. The van der Waals surface area contributed by atoms with Gasteiger partial charge in [0.05, 0.1) is 5.52 Å². The quantitative estimate of drug-likeness (QED) is 0.573. The molecule has 2 nitrogen and oxygen atoms in total. The van der Waals surface area contributed by atoms with E-state index in [0.717, 1.165) is 11.1 Å². The molecule has 0 unspecified atom stereocenters. The summed E-state index contributed by atoms with van der Waals surface area (Å²) in [5, 5.41) is 1.26. The van der Waals surface area contributed by atoms with Crippen molar-refractivity contribution in [2.45, 2.75) is 32.4 Å². The van der Waals surface area contributed by atoms with Gasteiger partial charge in [0.1, 0.15) is 6.73 Å². The van der Waals surface area contributed by atoms with Gasteiger partial charge in [0.2, 0.25) is 0 Å². The maximum Gasteiger partial charge on any atom is 0.122 e. The number of aromatic nitrogens is 1. The van der Waals surface area contributed by atoms with E-state index in [9.17, 15) is 0 Å². The van der Waals surface area contributed by atoms with Crippen LogP contribution in [0.1, 0.15) is 0 Å². The summed E-state index contributed by atoms with van der Waals surface area (Å²) in [7, 11) is -0.984. The fourth-order valence-corrected chi connectivity index (χ4v) is 2.92. The molecule has 2 rings (SSSR count). The summed E-state index contributed by atoms with van der Waals surface area (Å²) in [6.07, 6.45) is 2.09. The Hall–Kier alpha value is -0.583. The third-order valence-corrected chi connectivity index (χ3v) is 5.16. The van der Waals surface area contributed by atoms with Crippen molar-refractivity contribution < 1.29 is 4.74 Å². The van der Waals surface area contributed by atoms with Crippen molar-refractivity contribution in [3.63, 3.8) is 0 Å². The lowest BCUT2D eigenvalue weighted by atomic mass is 10.2. The van der Waals surface area contributed by atoms with E-state index in [1.54, 1.807) is 0 Å². The average molecular weight is 326 g/mol. The lowest BCUT2D eigenvalue weighted by Gasteiger charge is -2.15. The van der Waals surface area contributed by atoms with E-state index in [1.807, 2.05) is 0 Å². The van der Waals surface area contributed by atoms with Gasteiger partial charge in [-0.2, -0.15) is 0 Å². The minimum atomic E-state index is -0.984. The second-order valence-corrected chi connectivity index (χ2v) is 12.4. The fourth-order valence-electron chi connectivity index (χ4n) is 1.81. The monoisotopic (exact) mass is 325 g/mol. The smallest absolute Gasteiger partial charge is 0.122 e. The van der Waals surface area contributed by atoms with E-state index < -0.39 is 8.07 Å². The predicted molar refractivity (Wildman–Crippen MR) is 83.7 cm³/mol. The second-order valence-electron chi connectivity index (χ2n) is 5.84. The molecular weight excluding hydrogens is 306 g/mol. The van der Waals surface area contributed by atoms with Crippen LogP contribution in [0.5, 0.6) is 0 Å². The minimum Gasteiger partial charge on any atom is -0.361 e. The number of benzene rings is 1. The van der Waals surface area contributed by atoms with Crippen LogP contribution in [0, 0.1) is 0 Å². The SMILES string of the molecule is C[Si](C)(C)CCOCn1ccc2ccc(Br)cc21. The first-order valence-electron chi connectivity index (χ1n) is 6.28. The first kappa shape index (κ1) is 13.8. The number of halogens is 1. The zero-order valence-electron chi connectivity index (χ0n) is 11.2. The summed E-state index contributed by atoms with van der Waals surface area (Å²) in [4.78, 5) is 0. The zero-order valence-corrected chi connectivity index (χ0v) is 13.8. The van der Waals surface area contributed by atoms with Crippen molar-refractivity contribution in [3.8, 4) is 0 Å². The van der Waals surface area contributed by atoms with Crippen LogP contribution in [0.3, 0.4) is 0 Å². The number of rotatable bonds is 5. The van der Waals surface area contributed by atoms with Crippen LogP contribution in [-0.2, 0) is 11.5 Å². The van der Waals surface area contributed by atoms with Gasteiger partial charge >= 0.3 is 0 Å². The summed E-state index contributed by atoms with van der Waals surface area (Å²) < 4.78 is 9.05. The molecule has 0 N–H and O–H groups in total. The zero-order chi connectivity index (χ0) is 13.2. The summed E-state index contributed by atoms with van der Waals surface area (Å²) in [5.74, 6) is 0. The van der Waals surface area contributed by atoms with Gasteiger partial charge in [0, 0.05) is 25.4 Å². The van der Waals surface area contributed by atoms with E-state index in [2.05, 4.69) is 70.6 Å². The van der Waals surface area contributed by atoms with E-state index in [4.69, 9.17) is 4.74 Å². The van der Waals surface area contributed by atoms with Crippen molar-refractivity contribution in [1.82, 2.24) is 4.57 Å². The molecule has 2 aromatic rings. The highest BCUT2D eigenvalue weighted by molar-refractivity contribution is 9.10. The third kappa shape index (κ3) is 3.70. The van der Waals surface area contributed by atoms with Crippen molar-refractivity contribution in [2.75, 3.05) is 6.61 Å². The summed E-state index contributed by atoms with van der Waals surface area (Å²) >= 11 is 3.51. The van der Waals surface area contributed by atoms with Gasteiger partial charge in [0.15, 0.2) is 0 Å². The Morgan fingerprint density at radius 1 is 1.22 bits per heavy atom. The van der Waals surface area contributed by atoms with Crippen LogP contribution in [0.25, 0.3) is 10.9 Å². The molecule has 0 fully saturated rings. The predicted octanol–water partition coefficient (Wildman–Crippen LogP) is 4.72. The first-order valence-corrected chi connectivity index (χ1v) is 10.8. The second kappa shape index (κ2) is 5.59. The Labute approximate surface area is 118 Å². The van der Waals surface area contributed by atoms with Gasteiger partial charge in [-0.15, -0.1) is 0 Å². The number of ether oxygens (including phenoxy) is 1. The minimum absolute atomic E-state index is 0.643. The van der Waals surface area contributed by atoms with Crippen LogP contribution in [0.2, 0.25) is 25.7 Å². The Morgan fingerprint density at radius 2 is 2.00 bits per heavy atom. The van der Waals surface area contributed by atoms with Gasteiger partial charge in [-0.05, 0) is 29.6 Å². The third-order valence-electron chi connectivity index (χ3n) is 2.96. The number of nitrogens with zero attached hydrogens (tertiary/aromatic N) is 1. The molecule has 0 spiro atoms. The Balaban J connectivity index is 1.98. The molecular formula is C14H20BrNOSi. The van der Waals surface area contributed by atoms with Gasteiger partial charge in [-0.25, -0.2) is 0 Å². The molecule has 0 saturated carbocycles. The molecule has 1 aromatic carbocycles. The first-order chi connectivity index (χ1) is 8.46. The van der Waals surface area contributed by atoms with Crippen LogP contribution in [-0.4, -0.2) is 19.2 Å². The highest BCUT2D eigenvalue weighted by atomic mass is 79.9. The lowest BCUT2D eigenvalue weighted by Crippen LogP contribution is -2.21. The topological polar surface area (TPSA) is 14.2 Å². The number of hydrogen-bond donors (Lipinski definition) is 0. The van der Waals surface area contributed by atoms with Crippen molar-refractivity contribution in [2.24, 2.45) is 0 Å². The van der Waals surface area contributed by atoms with Gasteiger partial charge < -0.3 is 9.30 Å². The standard InChI is InChI=1S/C14H20BrNOSi/c1-18(2,3)9-8-17-11-16-7-6-12-4-5-13(15)10-14(12)16/h4-7,10H,8-9,11H2,1-3H3. The highest BCUT2D eigenvalue weighted by Crippen LogP contribution is 2.21. The molecule has 0 aliphatic rings. The van der Waals surface area contributed by atoms with E-state index in [1.165, 1.54) is 16.9 Å². The van der Waals surface area contributed by atoms with Crippen molar-refractivity contribution >= 4 is 34.9 Å². The summed E-state index contributed by atoms with van der Waals surface area (Å²) in [6.45, 7) is 8.63. The molecule has 0 radical (unpaired) electrons. The molecule has 98 valence electrons. The molecule has 0 saturated heterocycles. The average Bonchev–Trinajstić information content (AvgIpc) is 2.66. The molecule has 18 heavy (non-hydrogen) atoms. The molecule has 0 bridgehead atoms. The molecule has 4 heteroatoms. The molecule has 0 atom stereocenters. The van der Waals surface area contributed by atoms with Crippen LogP contribution in [0.15, 0.2) is 34.9 Å². The molecule has 0 amide bonds. The lowest BCUT2D eigenvalue weighted by molar-refractivity contribution is 0.0902. The fraction of sp³-hybridized carbons (Fsp3) is 0.429. The maximum atomic E-state index is 5.78. The Morgan fingerprint density at radius 3 is 2.72 bits per heavy atom. The van der Waals surface area contributed by atoms with Crippen LogP contribution in [0.4, 0.5) is 0 Å². The number of fused-ring (bicyclic) bond motifs is 1. The maximum absolute atomic E-state index is 5.78. The van der Waals surface area contributed by atoms with Gasteiger partial charge in [-0.3, -0.25) is 0 Å². The van der Waals surface area contributed by atoms with Crippen LogP contribution < -0.4 is 0 Å². The van der Waals surface area contributed by atoms with Crippen LogP contribution >= 0.6 is 15.9 Å². The molecule has 1 aromatic heterocycles. The molecule has 1 heterocycles. The summed E-state index contributed by atoms with van der Waals surface area (Å²) in [6, 6.07) is 9.67. The van der Waals surface area contributed by atoms with Crippen molar-refractivity contribution in [3.05, 3.63) is 34.9 Å². The Bertz CT molecular complexity index is 530. The van der Waals surface area contributed by atoms with E-state index in [0.29, 0.717) is 6.73 Å². The largest absolute Gasteiger partial charge is 0.361 e. The van der Waals surface area contributed by atoms with E-state index >= 15 is 0 Å². The van der Waals surface area contributed by atoms with Crippen molar-refractivity contribution in [1.29, 1.82) is 0 Å². The van der Waals surface area contributed by atoms with Gasteiger partial charge in [0.25, 0.3) is 0 Å². The Kier molecular flexibility index (Phi) is 4.30.